The first-order valence-corrected chi connectivity index (χ1v) is 0. The second kappa shape index (κ2) is 67.3. The van der Waals surface area contributed by atoms with Gasteiger partial charge in [0.15, 0.2) is 0 Å². The number of hydrogen-bond acceptors (Lipinski definition) is 0. The van der Waals surface area contributed by atoms with E-state index in [1.165, 1.54) is 0 Å². The topological polar surface area (TPSA) is 94.5 Å². The molecule has 3 radical (unpaired) electrons. The van der Waals surface area contributed by atoms with Crippen LogP contribution in [0.2, 0.25) is 0 Å². The van der Waals surface area contributed by atoms with Gasteiger partial charge in [0.25, 0.3) is 0 Å². The van der Waals surface area contributed by atoms with Gasteiger partial charge in [-0.05, 0) is 0 Å². The zero-order chi connectivity index (χ0) is 0. The minimum atomic E-state index is 0. The van der Waals surface area contributed by atoms with E-state index in [-0.39, 0.29) is 78.5 Å². The standard InChI is InChI=1S/Co.In.3H2O.Zn.H/h;;3*1H2;;. The maximum Gasteiger partial charge on any atom is 0 e. The normalized spacial score (nSPS) is 0. The van der Waals surface area contributed by atoms with E-state index in [0.717, 1.165) is 0 Å². The van der Waals surface area contributed by atoms with Crippen LogP contribution in [0, 0.1) is 0 Å². The summed E-state index contributed by atoms with van der Waals surface area (Å²) >= 11 is 0. The van der Waals surface area contributed by atoms with E-state index >= 15 is 0 Å². The smallest absolute Gasteiger partial charge is 0 e. The van der Waals surface area contributed by atoms with Crippen LogP contribution in [0.15, 0.2) is 0 Å². The van der Waals surface area contributed by atoms with Crippen LogP contribution in [0.3, 0.4) is 0 Å². The molecule has 6 heteroatoms. The van der Waals surface area contributed by atoms with Crippen molar-refractivity contribution in [2.45, 2.75) is 0 Å². The number of rotatable bonds is 0. The van der Waals surface area contributed by atoms with E-state index in [1.807, 2.05) is 0 Å². The van der Waals surface area contributed by atoms with Crippen LogP contribution in [0.1, 0.15) is 0 Å². The minimum Gasteiger partial charge on any atom is 0 e. The number of hydrogen-bond donors (Lipinski definition) is 0. The molecule has 0 atom stereocenters. The van der Waals surface area contributed by atoms with Crippen molar-refractivity contribution < 1.29 is 52.7 Å². The summed E-state index contributed by atoms with van der Waals surface area (Å²) in [6.45, 7) is 0. The zero-order valence-electron chi connectivity index (χ0n) is 3.25. The van der Waals surface area contributed by atoms with Crippen molar-refractivity contribution >= 4 is 25.8 Å². The fourth-order valence-electron chi connectivity index (χ4n) is 0. The van der Waals surface area contributed by atoms with E-state index in [2.05, 4.69) is 0 Å². The Morgan fingerprint density at radius 3 is 0.667 bits per heavy atom. The summed E-state index contributed by atoms with van der Waals surface area (Å²) < 4.78 is 0. The Morgan fingerprint density at radius 1 is 0.667 bits per heavy atom. The molecule has 0 saturated heterocycles. The molecule has 0 fully saturated rings. The second-order valence-electron chi connectivity index (χ2n) is 0. The summed E-state index contributed by atoms with van der Waals surface area (Å²) in [5, 5.41) is 0. The van der Waals surface area contributed by atoms with Gasteiger partial charge in [-0.3, -0.25) is 0 Å². The third-order valence-corrected chi connectivity index (χ3v) is 0. The van der Waals surface area contributed by atoms with E-state index in [0.29, 0.717) is 0 Å². The first kappa shape index (κ1) is 106. The minimum absolute atomic E-state index is 0. The molecule has 0 aliphatic heterocycles. The van der Waals surface area contributed by atoms with Gasteiger partial charge in [0, 0.05) is 36.3 Å². The van der Waals surface area contributed by atoms with Gasteiger partial charge in [-0.1, -0.05) is 0 Å². The van der Waals surface area contributed by atoms with Crippen LogP contribution in [-0.2, 0) is 36.3 Å². The van der Waals surface area contributed by atoms with Crippen molar-refractivity contribution in [1.29, 1.82) is 0 Å². The van der Waals surface area contributed by atoms with E-state index in [4.69, 9.17) is 0 Å². The summed E-state index contributed by atoms with van der Waals surface area (Å²) in [5.41, 5.74) is 0. The fraction of sp³-hybridized carbons (Fsp3) is 0. The third kappa shape index (κ3) is 39.6. The summed E-state index contributed by atoms with van der Waals surface area (Å²) in [7, 11) is 0. The van der Waals surface area contributed by atoms with E-state index < -0.39 is 0 Å². The molecule has 0 aliphatic rings. The van der Waals surface area contributed by atoms with Gasteiger partial charge in [0.1, 0.15) is 0 Å². The molecule has 0 spiro atoms. The van der Waals surface area contributed by atoms with Crippen molar-refractivity contribution in [2.75, 3.05) is 0 Å². The molecule has 0 aromatic rings. The molecule has 0 bridgehead atoms. The molecule has 0 saturated carbocycles. The summed E-state index contributed by atoms with van der Waals surface area (Å²) in [4.78, 5) is 0. The summed E-state index contributed by atoms with van der Waals surface area (Å²) in [6, 6.07) is 0. The Hall–Kier alpha value is 1.88. The van der Waals surface area contributed by atoms with Crippen LogP contribution >= 0.6 is 0 Å². The van der Waals surface area contributed by atoms with Crippen LogP contribution < -0.4 is 0 Å². The molecule has 0 unspecified atom stereocenters. The van der Waals surface area contributed by atoms with E-state index in [9.17, 15) is 0 Å². The SMILES string of the molecule is O.O.O.[Co].[InH].[Zn]. The molecular weight excluding hydrogens is 287 g/mol. The van der Waals surface area contributed by atoms with Gasteiger partial charge in [-0.25, -0.2) is 0 Å². The summed E-state index contributed by atoms with van der Waals surface area (Å²) in [6.07, 6.45) is 0. The van der Waals surface area contributed by atoms with Gasteiger partial charge in [-0.2, -0.15) is 0 Å². The van der Waals surface area contributed by atoms with Gasteiger partial charge in [0.2, 0.25) is 0 Å². The molecule has 0 rings (SSSR count). The third-order valence-electron chi connectivity index (χ3n) is 0. The van der Waals surface area contributed by atoms with Crippen molar-refractivity contribution in [2.24, 2.45) is 0 Å². The van der Waals surface area contributed by atoms with Crippen LogP contribution in [0.5, 0.6) is 0 Å². The monoisotopic (exact) mass is 293 g/mol. The maximum absolute atomic E-state index is 0. The largest absolute Gasteiger partial charge is 0 e. The van der Waals surface area contributed by atoms with Crippen molar-refractivity contribution in [3.8, 4) is 0 Å². The van der Waals surface area contributed by atoms with Crippen molar-refractivity contribution in [3.63, 3.8) is 0 Å². The molecule has 0 aliphatic carbocycles. The van der Waals surface area contributed by atoms with Crippen LogP contribution in [-0.4, -0.2) is 42.3 Å². The molecule has 0 aromatic carbocycles. The predicted molar refractivity (Wildman–Crippen MR) is 18.0 cm³/mol. The Labute approximate surface area is 77.9 Å². The zero-order valence-corrected chi connectivity index (χ0v) is 11.3. The van der Waals surface area contributed by atoms with Crippen molar-refractivity contribution in [3.05, 3.63) is 0 Å². The second-order valence-corrected chi connectivity index (χ2v) is 0. The van der Waals surface area contributed by atoms with Crippen LogP contribution in [0.25, 0.3) is 0 Å². The molecule has 0 amide bonds. The van der Waals surface area contributed by atoms with Gasteiger partial charge >= 0.3 is 25.8 Å². The average molecular weight is 294 g/mol. The Balaban J connectivity index is 0. The van der Waals surface area contributed by atoms with Gasteiger partial charge in [0.05, 0.1) is 0 Å². The molecule has 0 aromatic heterocycles. The van der Waals surface area contributed by atoms with E-state index in [1.54, 1.807) is 0 Å². The Kier molecular flexibility index (Phi) is 1180. The Morgan fingerprint density at radius 2 is 0.667 bits per heavy atom. The molecule has 3 nitrogen and oxygen atoms in total. The average Bonchev–Trinajstić information content (AvgIpc) is 0. The molecule has 6 N–H and O–H groups in total. The first-order valence-electron chi connectivity index (χ1n) is 0. The molecular formula is H7CoInO3Zn. The molecule has 6 heavy (non-hydrogen) atoms. The first-order chi connectivity index (χ1) is 0. The fourth-order valence-corrected chi connectivity index (χ4v) is 0. The maximum atomic E-state index is 0. The quantitative estimate of drug-likeness (QED) is 0.423. The predicted octanol–water partition coefficient (Wildman–Crippen LogP) is -3.13. The molecule has 0 heterocycles. The van der Waals surface area contributed by atoms with Crippen LogP contribution in [0.4, 0.5) is 0 Å². The molecule has 39 valence electrons. The van der Waals surface area contributed by atoms with Gasteiger partial charge < -0.3 is 16.4 Å². The Bertz CT molecular complexity index is 10.8. The summed E-state index contributed by atoms with van der Waals surface area (Å²) in [5.74, 6) is 0. The van der Waals surface area contributed by atoms with Crippen molar-refractivity contribution in [1.82, 2.24) is 0 Å². The van der Waals surface area contributed by atoms with Gasteiger partial charge in [-0.15, -0.1) is 0 Å².